The maximum absolute atomic E-state index is 14.1. The summed E-state index contributed by atoms with van der Waals surface area (Å²) < 4.78 is 55.9. The van der Waals surface area contributed by atoms with Crippen molar-refractivity contribution in [1.82, 2.24) is 19.5 Å². The van der Waals surface area contributed by atoms with Gasteiger partial charge in [0.2, 0.25) is 10.0 Å². The summed E-state index contributed by atoms with van der Waals surface area (Å²) in [4.78, 5) is 26.5. The van der Waals surface area contributed by atoms with Crippen LogP contribution in [0.1, 0.15) is 74.0 Å². The van der Waals surface area contributed by atoms with Crippen LogP contribution < -0.4 is 14.4 Å². The molecule has 5 heterocycles. The minimum Gasteiger partial charge on any atom is -0.489 e. The number of nitrogens with one attached hydrogen (secondary N) is 1. The number of ether oxygens (including phenoxy) is 4. The first-order valence-electron chi connectivity index (χ1n) is 21.6. The van der Waals surface area contributed by atoms with Gasteiger partial charge in [-0.3, -0.25) is 14.6 Å². The van der Waals surface area contributed by atoms with Crippen LogP contribution in [0.2, 0.25) is 5.02 Å². The number of anilines is 1. The van der Waals surface area contributed by atoms with Crippen molar-refractivity contribution in [1.29, 1.82) is 0 Å². The van der Waals surface area contributed by atoms with Crippen molar-refractivity contribution in [3.8, 4) is 5.75 Å². The van der Waals surface area contributed by atoms with Gasteiger partial charge in [-0.15, -0.1) is 0 Å². The van der Waals surface area contributed by atoms with E-state index in [9.17, 15) is 13.2 Å². The maximum atomic E-state index is 14.1. The third-order valence-corrected chi connectivity index (χ3v) is 17.1. The Morgan fingerprint density at radius 1 is 1.14 bits per heavy atom. The molecule has 2 saturated carbocycles. The Hall–Kier alpha value is -2.78. The van der Waals surface area contributed by atoms with Gasteiger partial charge in [-0.1, -0.05) is 36.7 Å². The highest BCUT2D eigenvalue weighted by molar-refractivity contribution is 7.90. The monoisotopic (exact) mass is 837 g/mol. The number of aromatic nitrogens is 1. The lowest BCUT2D eigenvalue weighted by Crippen LogP contribution is -2.63. The van der Waals surface area contributed by atoms with E-state index in [2.05, 4.69) is 50.6 Å². The number of benzene rings is 1. The third kappa shape index (κ3) is 7.38. The summed E-state index contributed by atoms with van der Waals surface area (Å²) in [5.41, 5.74) is 1.63. The van der Waals surface area contributed by atoms with E-state index in [0.717, 1.165) is 89.6 Å². The Balaban J connectivity index is 1.14. The summed E-state index contributed by atoms with van der Waals surface area (Å²) in [6.45, 7) is 12.9. The number of nitrogens with zero attached hydrogens (tertiary/aromatic N) is 4. The van der Waals surface area contributed by atoms with Crippen LogP contribution >= 0.6 is 11.6 Å². The Labute approximate surface area is 349 Å². The van der Waals surface area contributed by atoms with Crippen LogP contribution in [0.5, 0.6) is 5.75 Å². The molecule has 1 aromatic carbocycles. The maximum Gasteiger partial charge on any atom is 0.283 e. The number of amides is 1. The molecule has 2 spiro atoms. The van der Waals surface area contributed by atoms with Crippen molar-refractivity contribution in [3.05, 3.63) is 64.3 Å². The molecule has 2 saturated heterocycles. The molecule has 2 bridgehead atoms. The number of hydrogen-bond acceptors (Lipinski definition) is 11. The van der Waals surface area contributed by atoms with Crippen molar-refractivity contribution in [2.75, 3.05) is 90.9 Å². The number of piperazine rings is 1. The van der Waals surface area contributed by atoms with Crippen molar-refractivity contribution >= 4 is 33.3 Å². The van der Waals surface area contributed by atoms with E-state index in [4.69, 9.17) is 35.5 Å². The van der Waals surface area contributed by atoms with Crippen LogP contribution in [-0.2, 0) is 36.1 Å². The Morgan fingerprint density at radius 2 is 2.02 bits per heavy atom. The van der Waals surface area contributed by atoms with Gasteiger partial charge in [-0.25, -0.2) is 18.1 Å². The molecule has 1 N–H and O–H groups in total. The molecule has 4 aliphatic heterocycles. The Kier molecular flexibility index (Phi) is 11.1. The van der Waals surface area contributed by atoms with Gasteiger partial charge in [0.15, 0.2) is 11.6 Å². The van der Waals surface area contributed by atoms with Crippen LogP contribution in [0.3, 0.4) is 0 Å². The highest BCUT2D eigenvalue weighted by Crippen LogP contribution is 2.74. The van der Waals surface area contributed by atoms with Crippen LogP contribution in [0.25, 0.3) is 0 Å². The molecule has 3 aliphatic carbocycles. The predicted molar refractivity (Wildman–Crippen MR) is 223 cm³/mol. The highest BCUT2D eigenvalue weighted by atomic mass is 35.5. The minimum atomic E-state index is -4.12. The van der Waals surface area contributed by atoms with Crippen molar-refractivity contribution in [2.24, 2.45) is 23.2 Å². The number of carbonyl (C=O) groups excluding carboxylic acids is 1. The quantitative estimate of drug-likeness (QED) is 0.376. The standard InChI is InChI=1S/C44H60ClN5O7S/c1-4-57-44(28-48-16-17-49-18-20-55-25-34(49)24-48)15-5-7-30(2)38(13-19-54-3)58(52,53)47-41(51)36-11-12-37-40(46-36)50(27-43-23-32(43)22-39(43)44)26-42(29-56-37)14-6-8-31-21-33(45)9-10-35(31)42/h5,9-12,15,21,30,32,34,38-39H,4,6-8,13-14,16-20,22-29H2,1-3H3,(H,47,51)/b15-5+/t30-,32?,34-,38+,39+,42-,43?,44+/m0/s1. The van der Waals surface area contributed by atoms with E-state index in [1.165, 1.54) is 11.1 Å². The number of aryl methyl sites for hydroxylation is 1. The van der Waals surface area contributed by atoms with Crippen LogP contribution in [0, 0.1) is 23.2 Å². The Morgan fingerprint density at radius 3 is 2.83 bits per heavy atom. The number of halogens is 1. The SMILES string of the molecule is CCO[C@@]1(CN2CCN3CCOC[C@@H]3C2)/C=C/C[C@H](C)[C@@H](CCOC)S(=O)(=O)NC(=O)c2ccc3c(n2)N(CC24CC2C[C@H]41)C[C@@]1(CCCc2cc(Cl)ccc21)CO3. The molecule has 8 atom stereocenters. The molecular weight excluding hydrogens is 778 g/mol. The normalized spacial score (nSPS) is 36.5. The zero-order chi connectivity index (χ0) is 40.3. The first-order chi connectivity index (χ1) is 28.0. The second kappa shape index (κ2) is 15.9. The highest BCUT2D eigenvalue weighted by Gasteiger charge is 2.73. The molecule has 58 heavy (non-hydrogen) atoms. The summed E-state index contributed by atoms with van der Waals surface area (Å²) in [6.07, 6.45) is 10.3. The topological polar surface area (TPSA) is 123 Å². The summed E-state index contributed by atoms with van der Waals surface area (Å²) in [6, 6.07) is 10.0. The lowest BCUT2D eigenvalue weighted by molar-refractivity contribution is -0.125. The molecule has 2 aromatic rings. The minimum absolute atomic E-state index is 0.0253. The molecular formula is C44H60ClN5O7S. The zero-order valence-electron chi connectivity index (χ0n) is 34.3. The molecule has 1 amide bonds. The fraction of sp³-hybridized carbons (Fsp3) is 0.682. The average molecular weight is 839 g/mol. The number of morpholine rings is 1. The fourth-order valence-electron chi connectivity index (χ4n) is 11.9. The van der Waals surface area contributed by atoms with Gasteiger partial charge < -0.3 is 23.8 Å². The second-order valence-corrected chi connectivity index (χ2v) is 20.7. The van der Waals surface area contributed by atoms with E-state index < -0.39 is 26.8 Å². The largest absolute Gasteiger partial charge is 0.489 e. The lowest BCUT2D eigenvalue weighted by Gasteiger charge is -2.53. The number of carbonyl (C=O) groups is 1. The number of pyridine rings is 1. The second-order valence-electron chi connectivity index (χ2n) is 18.3. The average Bonchev–Trinajstić information content (AvgIpc) is 3.80. The van der Waals surface area contributed by atoms with E-state index >= 15 is 0 Å². The number of sulfonamides is 1. The Bertz CT molecular complexity index is 2020. The smallest absolute Gasteiger partial charge is 0.283 e. The van der Waals surface area contributed by atoms with Gasteiger partial charge in [0.25, 0.3) is 5.91 Å². The van der Waals surface area contributed by atoms with Crippen LogP contribution in [0.4, 0.5) is 5.82 Å². The number of methoxy groups -OCH3 is 1. The molecule has 12 nitrogen and oxygen atoms in total. The van der Waals surface area contributed by atoms with E-state index in [-0.39, 0.29) is 41.4 Å². The molecule has 0 radical (unpaired) electrons. The van der Waals surface area contributed by atoms with Gasteiger partial charge in [0, 0.05) is 88.5 Å². The van der Waals surface area contributed by atoms with Gasteiger partial charge in [0.05, 0.1) is 25.1 Å². The van der Waals surface area contributed by atoms with Crippen molar-refractivity contribution in [3.63, 3.8) is 0 Å². The van der Waals surface area contributed by atoms with Crippen molar-refractivity contribution in [2.45, 2.75) is 81.1 Å². The summed E-state index contributed by atoms with van der Waals surface area (Å²) in [5.74, 6) is 0.951. The summed E-state index contributed by atoms with van der Waals surface area (Å²) in [7, 11) is -2.55. The van der Waals surface area contributed by atoms with Gasteiger partial charge in [0.1, 0.15) is 11.3 Å². The van der Waals surface area contributed by atoms with Crippen LogP contribution in [0.15, 0.2) is 42.5 Å². The molecule has 7 aliphatic rings. The summed E-state index contributed by atoms with van der Waals surface area (Å²) >= 11 is 6.55. The predicted octanol–water partition coefficient (Wildman–Crippen LogP) is 5.09. The van der Waals surface area contributed by atoms with Gasteiger partial charge in [-0.05, 0) is 105 Å². The van der Waals surface area contributed by atoms with Crippen molar-refractivity contribution < 1.29 is 32.2 Å². The summed E-state index contributed by atoms with van der Waals surface area (Å²) in [5, 5.41) is -0.127. The van der Waals surface area contributed by atoms with E-state index in [0.29, 0.717) is 49.7 Å². The molecule has 4 fully saturated rings. The number of rotatable bonds is 7. The van der Waals surface area contributed by atoms with Crippen LogP contribution in [-0.4, -0.2) is 132 Å². The van der Waals surface area contributed by atoms with Gasteiger partial charge in [-0.2, -0.15) is 0 Å². The number of allylic oxidation sites excluding steroid dienone is 1. The molecule has 14 heteroatoms. The first-order valence-corrected chi connectivity index (χ1v) is 23.5. The third-order valence-electron chi connectivity index (χ3n) is 14.9. The molecule has 9 rings (SSSR count). The van der Waals surface area contributed by atoms with E-state index in [1.807, 2.05) is 13.0 Å². The number of hydrogen-bond donors (Lipinski definition) is 1. The molecule has 2 unspecified atom stereocenters. The van der Waals surface area contributed by atoms with Gasteiger partial charge >= 0.3 is 0 Å². The van der Waals surface area contributed by atoms with E-state index in [1.54, 1.807) is 19.2 Å². The first kappa shape index (κ1) is 40.6. The molecule has 316 valence electrons. The lowest BCUT2D eigenvalue weighted by atomic mass is 9.63. The molecule has 1 aromatic heterocycles. The number of fused-ring (bicyclic) bond motifs is 4. The fourth-order valence-corrected chi connectivity index (χ4v) is 13.7. The zero-order valence-corrected chi connectivity index (χ0v) is 35.9.